The summed E-state index contributed by atoms with van der Waals surface area (Å²) in [6, 6.07) is 0. The minimum atomic E-state index is -0.772. The van der Waals surface area contributed by atoms with E-state index in [-0.39, 0.29) is 11.5 Å². The number of aromatic nitrogens is 2. The van der Waals surface area contributed by atoms with Crippen LogP contribution in [0.15, 0.2) is 9.59 Å². The molecule has 0 atom stereocenters. The van der Waals surface area contributed by atoms with Crippen LogP contribution in [-0.2, 0) is 11.8 Å². The highest BCUT2D eigenvalue weighted by Gasteiger charge is 2.21. The van der Waals surface area contributed by atoms with Crippen molar-refractivity contribution < 1.29 is 9.90 Å². The van der Waals surface area contributed by atoms with Crippen LogP contribution in [0.1, 0.15) is 19.3 Å². The lowest BCUT2D eigenvalue weighted by molar-refractivity contribution is -0.118. The molecule has 116 valence electrons. The van der Waals surface area contributed by atoms with E-state index in [1.54, 1.807) is 5.01 Å². The monoisotopic (exact) mass is 297 g/mol. The highest BCUT2D eigenvalue weighted by Crippen LogP contribution is 2.14. The van der Waals surface area contributed by atoms with Crippen molar-refractivity contribution in [2.45, 2.75) is 19.3 Å². The van der Waals surface area contributed by atoms with Gasteiger partial charge in [-0.05, 0) is 19.3 Å². The third kappa shape index (κ3) is 2.77. The zero-order chi connectivity index (χ0) is 15.6. The second-order valence-corrected chi connectivity index (χ2v) is 4.94. The van der Waals surface area contributed by atoms with Crippen molar-refractivity contribution in [3.8, 4) is 0 Å². The van der Waals surface area contributed by atoms with Crippen molar-refractivity contribution in [2.24, 2.45) is 7.05 Å². The van der Waals surface area contributed by atoms with Crippen LogP contribution in [0.25, 0.3) is 0 Å². The van der Waals surface area contributed by atoms with Crippen LogP contribution in [0.4, 0.5) is 11.5 Å². The minimum absolute atomic E-state index is 0.119. The number of nitrogens with zero attached hydrogens (tertiary/aromatic N) is 3. The molecule has 0 radical (unpaired) electrons. The molecule has 0 aliphatic carbocycles. The molecule has 21 heavy (non-hydrogen) atoms. The quantitative estimate of drug-likeness (QED) is 0.604. The maximum absolute atomic E-state index is 12.3. The van der Waals surface area contributed by atoms with Gasteiger partial charge in [-0.3, -0.25) is 14.2 Å². The number of carbonyl (C=O) groups is 1. The molecule has 9 heteroatoms. The highest BCUT2D eigenvalue weighted by molar-refractivity contribution is 5.93. The Labute approximate surface area is 120 Å². The largest absolute Gasteiger partial charge is 0.387 e. The van der Waals surface area contributed by atoms with Crippen molar-refractivity contribution in [1.29, 1.82) is 0 Å². The van der Waals surface area contributed by atoms with Crippen LogP contribution < -0.4 is 27.3 Å². The fraction of sp³-hybridized carbons (Fsp3) is 0.583. The number of rotatable bonds is 3. The molecule has 1 aliphatic heterocycles. The molecule has 0 aromatic carbocycles. The van der Waals surface area contributed by atoms with E-state index in [1.165, 1.54) is 11.7 Å². The topological polar surface area (TPSA) is 123 Å². The van der Waals surface area contributed by atoms with Crippen LogP contribution >= 0.6 is 0 Å². The van der Waals surface area contributed by atoms with Crippen molar-refractivity contribution in [3.05, 3.63) is 20.8 Å². The maximum Gasteiger partial charge on any atom is 0.351 e. The van der Waals surface area contributed by atoms with Crippen LogP contribution in [0.5, 0.6) is 0 Å². The fourth-order valence-corrected chi connectivity index (χ4v) is 2.36. The molecular weight excluding hydrogens is 278 g/mol. The lowest BCUT2D eigenvalue weighted by Gasteiger charge is -2.31. The molecule has 1 amide bonds. The van der Waals surface area contributed by atoms with E-state index < -0.39 is 23.8 Å². The Morgan fingerprint density at radius 3 is 2.48 bits per heavy atom. The van der Waals surface area contributed by atoms with E-state index >= 15 is 0 Å². The number of nitrogen functional groups attached to an aromatic ring is 1. The van der Waals surface area contributed by atoms with Crippen LogP contribution in [-0.4, -0.2) is 40.0 Å². The van der Waals surface area contributed by atoms with Crippen molar-refractivity contribution >= 4 is 17.4 Å². The summed E-state index contributed by atoms with van der Waals surface area (Å²) >= 11 is 0. The van der Waals surface area contributed by atoms with Gasteiger partial charge >= 0.3 is 5.69 Å². The molecule has 0 spiro atoms. The summed E-state index contributed by atoms with van der Waals surface area (Å²) in [5.74, 6) is -0.880. The Morgan fingerprint density at radius 2 is 1.90 bits per heavy atom. The predicted octanol–water partition coefficient (Wildman–Crippen LogP) is -1.82. The van der Waals surface area contributed by atoms with Crippen LogP contribution in [0.3, 0.4) is 0 Å². The van der Waals surface area contributed by atoms with Gasteiger partial charge in [-0.2, -0.15) is 4.68 Å². The van der Waals surface area contributed by atoms with E-state index in [4.69, 9.17) is 10.8 Å². The Morgan fingerprint density at radius 1 is 1.29 bits per heavy atom. The Kier molecular flexibility index (Phi) is 4.32. The van der Waals surface area contributed by atoms with Gasteiger partial charge in [-0.15, -0.1) is 0 Å². The second-order valence-electron chi connectivity index (χ2n) is 4.94. The summed E-state index contributed by atoms with van der Waals surface area (Å²) < 4.78 is 2.10. The Hall–Kier alpha value is -2.29. The van der Waals surface area contributed by atoms with Gasteiger partial charge in [0.15, 0.2) is 11.5 Å². The molecular formula is C12H19N5O4. The van der Waals surface area contributed by atoms with Gasteiger partial charge < -0.3 is 21.2 Å². The van der Waals surface area contributed by atoms with E-state index in [0.29, 0.717) is 13.1 Å². The first kappa shape index (κ1) is 15.1. The van der Waals surface area contributed by atoms with Crippen molar-refractivity contribution in [3.63, 3.8) is 0 Å². The van der Waals surface area contributed by atoms with E-state index in [0.717, 1.165) is 23.8 Å². The van der Waals surface area contributed by atoms with E-state index in [2.05, 4.69) is 5.32 Å². The zero-order valence-corrected chi connectivity index (χ0v) is 11.8. The van der Waals surface area contributed by atoms with Gasteiger partial charge in [0.25, 0.3) is 5.56 Å². The van der Waals surface area contributed by atoms with Crippen molar-refractivity contribution in [2.75, 3.05) is 35.8 Å². The van der Waals surface area contributed by atoms with Gasteiger partial charge in [0.05, 0.1) is 0 Å². The lowest BCUT2D eigenvalue weighted by Crippen LogP contribution is -2.52. The summed E-state index contributed by atoms with van der Waals surface area (Å²) in [4.78, 5) is 35.6. The number of nitrogens with two attached hydrogens (primary N) is 1. The first-order valence-corrected chi connectivity index (χ1v) is 6.74. The first-order chi connectivity index (χ1) is 9.97. The standard InChI is InChI=1S/C12H19N5O4/c1-15-11(20)9(14-8(19)7-18)10(13)17(12(15)21)16-5-3-2-4-6-16/h18H,2-7,13H2,1H3,(H,14,19). The minimum Gasteiger partial charge on any atom is -0.387 e. The third-order valence-corrected chi connectivity index (χ3v) is 3.49. The van der Waals surface area contributed by atoms with Crippen LogP contribution in [0.2, 0.25) is 0 Å². The molecule has 2 heterocycles. The molecule has 4 N–H and O–H groups in total. The van der Waals surface area contributed by atoms with Crippen LogP contribution in [0, 0.1) is 0 Å². The van der Waals surface area contributed by atoms with Gasteiger partial charge in [0.1, 0.15) is 6.61 Å². The molecule has 9 nitrogen and oxygen atoms in total. The smallest absolute Gasteiger partial charge is 0.351 e. The summed E-state index contributed by atoms with van der Waals surface area (Å²) in [7, 11) is 1.32. The Balaban J connectivity index is 2.57. The average Bonchev–Trinajstić information content (AvgIpc) is 2.50. The SMILES string of the molecule is Cn1c(=O)c(NC(=O)CO)c(N)n(N2CCCCC2)c1=O. The molecule has 1 saturated heterocycles. The number of aliphatic hydroxyl groups is 1. The molecule has 1 aliphatic rings. The van der Waals surface area contributed by atoms with Gasteiger partial charge in [0, 0.05) is 20.1 Å². The molecule has 1 fully saturated rings. The van der Waals surface area contributed by atoms with Crippen molar-refractivity contribution in [1.82, 2.24) is 9.24 Å². The molecule has 0 saturated carbocycles. The third-order valence-electron chi connectivity index (χ3n) is 3.49. The predicted molar refractivity (Wildman–Crippen MR) is 77.9 cm³/mol. The van der Waals surface area contributed by atoms with Gasteiger partial charge in [-0.25, -0.2) is 4.79 Å². The van der Waals surface area contributed by atoms with E-state index in [9.17, 15) is 14.4 Å². The van der Waals surface area contributed by atoms with Gasteiger partial charge in [-0.1, -0.05) is 0 Å². The number of anilines is 2. The summed E-state index contributed by atoms with van der Waals surface area (Å²) in [5.41, 5.74) is 4.45. The van der Waals surface area contributed by atoms with E-state index in [1.807, 2.05) is 0 Å². The molecule has 1 aromatic heterocycles. The number of nitrogens with one attached hydrogen (secondary N) is 1. The molecule has 0 bridgehead atoms. The number of aliphatic hydroxyl groups excluding tert-OH is 1. The number of piperidine rings is 1. The molecule has 1 aromatic rings. The number of amides is 1. The first-order valence-electron chi connectivity index (χ1n) is 6.74. The normalized spacial score (nSPS) is 15.0. The second kappa shape index (κ2) is 6.00. The average molecular weight is 297 g/mol. The number of hydrogen-bond donors (Lipinski definition) is 3. The molecule has 0 unspecified atom stereocenters. The molecule has 2 rings (SSSR count). The summed E-state index contributed by atoms with van der Waals surface area (Å²) in [5, 5.41) is 12.8. The number of hydrogen-bond acceptors (Lipinski definition) is 6. The highest BCUT2D eigenvalue weighted by atomic mass is 16.3. The summed E-state index contributed by atoms with van der Waals surface area (Å²) in [6.07, 6.45) is 2.92. The lowest BCUT2D eigenvalue weighted by atomic mass is 10.2. The van der Waals surface area contributed by atoms with Gasteiger partial charge in [0.2, 0.25) is 5.91 Å². The fourth-order valence-electron chi connectivity index (χ4n) is 2.36. The summed E-state index contributed by atoms with van der Waals surface area (Å²) in [6.45, 7) is 0.525. The number of carbonyl (C=O) groups excluding carboxylic acids is 1. The zero-order valence-electron chi connectivity index (χ0n) is 11.8. The maximum atomic E-state index is 12.3. The Bertz CT molecular complexity index is 657.